The highest BCUT2D eigenvalue weighted by Gasteiger charge is 2.14. The van der Waals surface area contributed by atoms with Crippen LogP contribution in [-0.2, 0) is 6.61 Å². The fourth-order valence-electron chi connectivity index (χ4n) is 1.73. The Balaban J connectivity index is 3.02. The molecule has 1 atom stereocenters. The first-order chi connectivity index (χ1) is 8.49. The molecular weight excluding hydrogens is 234 g/mol. The maximum absolute atomic E-state index is 10.6. The average molecular weight is 249 g/mol. The number of rotatable bonds is 5. The number of anilines is 1. The van der Waals surface area contributed by atoms with E-state index in [9.17, 15) is 15.2 Å². The van der Waals surface area contributed by atoms with Gasteiger partial charge < -0.3 is 10.0 Å². The number of hydrogen-bond acceptors (Lipinski definition) is 5. The summed E-state index contributed by atoms with van der Waals surface area (Å²) in [6, 6.07) is 6.45. The third kappa shape index (κ3) is 3.18. The van der Waals surface area contributed by atoms with Crippen molar-refractivity contribution in [3.8, 4) is 6.07 Å². The van der Waals surface area contributed by atoms with Gasteiger partial charge in [0.15, 0.2) is 0 Å². The summed E-state index contributed by atoms with van der Waals surface area (Å²) in [4.78, 5) is 12.0. The number of nitriles is 1. The molecule has 0 aliphatic carbocycles. The van der Waals surface area contributed by atoms with Crippen LogP contribution in [0.3, 0.4) is 0 Å². The highest BCUT2D eigenvalue weighted by atomic mass is 16.6. The summed E-state index contributed by atoms with van der Waals surface area (Å²) in [6.45, 7) is 2.02. The summed E-state index contributed by atoms with van der Waals surface area (Å²) in [6.07, 6.45) is 0. The van der Waals surface area contributed by atoms with Crippen LogP contribution in [0, 0.1) is 27.4 Å². The Bertz CT molecular complexity index is 482. The molecule has 0 aliphatic heterocycles. The first-order valence-corrected chi connectivity index (χ1v) is 5.48. The van der Waals surface area contributed by atoms with Crippen LogP contribution in [0.5, 0.6) is 0 Å². The fraction of sp³-hybridized carbons (Fsp3) is 0.417. The van der Waals surface area contributed by atoms with Crippen LogP contribution in [-0.4, -0.2) is 23.6 Å². The van der Waals surface area contributed by atoms with Crippen LogP contribution in [0.4, 0.5) is 11.4 Å². The monoisotopic (exact) mass is 249 g/mol. The van der Waals surface area contributed by atoms with Gasteiger partial charge in [-0.05, 0) is 13.0 Å². The fourth-order valence-corrected chi connectivity index (χ4v) is 1.73. The van der Waals surface area contributed by atoms with Gasteiger partial charge in [-0.15, -0.1) is 0 Å². The number of nitrogens with zero attached hydrogens (tertiary/aromatic N) is 3. The summed E-state index contributed by atoms with van der Waals surface area (Å²) in [5, 5.41) is 28.7. The van der Waals surface area contributed by atoms with Crippen molar-refractivity contribution in [3.05, 3.63) is 33.9 Å². The Hall–Kier alpha value is -2.13. The molecule has 0 aliphatic rings. The largest absolute Gasteiger partial charge is 0.392 e. The maximum atomic E-state index is 10.6. The van der Waals surface area contributed by atoms with Crippen LogP contribution in [0.25, 0.3) is 0 Å². The molecule has 0 radical (unpaired) electrons. The zero-order valence-electron chi connectivity index (χ0n) is 10.3. The lowest BCUT2D eigenvalue weighted by atomic mass is 10.1. The predicted molar refractivity (Wildman–Crippen MR) is 67.1 cm³/mol. The van der Waals surface area contributed by atoms with Crippen molar-refractivity contribution < 1.29 is 10.0 Å². The molecule has 96 valence electrons. The number of benzene rings is 1. The Morgan fingerprint density at radius 3 is 2.78 bits per heavy atom. The summed E-state index contributed by atoms with van der Waals surface area (Å²) < 4.78 is 0. The molecule has 6 nitrogen and oxygen atoms in total. The van der Waals surface area contributed by atoms with Crippen molar-refractivity contribution in [2.24, 2.45) is 5.92 Å². The first-order valence-electron chi connectivity index (χ1n) is 5.48. The van der Waals surface area contributed by atoms with Crippen molar-refractivity contribution in [2.75, 3.05) is 18.5 Å². The second-order valence-electron chi connectivity index (χ2n) is 4.14. The minimum Gasteiger partial charge on any atom is -0.392 e. The second kappa shape index (κ2) is 5.98. The Morgan fingerprint density at radius 1 is 1.61 bits per heavy atom. The van der Waals surface area contributed by atoms with Crippen LogP contribution in [0.1, 0.15) is 12.5 Å². The first kappa shape index (κ1) is 13.9. The maximum Gasteiger partial charge on any atom is 0.269 e. The van der Waals surface area contributed by atoms with E-state index in [2.05, 4.69) is 6.07 Å². The van der Waals surface area contributed by atoms with Crippen LogP contribution in [0.15, 0.2) is 18.2 Å². The molecule has 1 aromatic carbocycles. The van der Waals surface area contributed by atoms with Crippen molar-refractivity contribution in [1.29, 1.82) is 5.26 Å². The molecule has 0 saturated heterocycles. The van der Waals surface area contributed by atoms with Gasteiger partial charge in [0.25, 0.3) is 5.69 Å². The Morgan fingerprint density at radius 2 is 2.28 bits per heavy atom. The molecule has 0 spiro atoms. The molecule has 0 fully saturated rings. The standard InChI is InChI=1S/C12H15N3O3/c1-9(6-13)7-14(2)12-4-3-11(15(17)18)5-10(12)8-16/h3-5,9,16H,7-8H2,1-2H3. The second-order valence-corrected chi connectivity index (χ2v) is 4.14. The molecule has 1 unspecified atom stereocenters. The van der Waals surface area contributed by atoms with Gasteiger partial charge in [0.1, 0.15) is 0 Å². The summed E-state index contributed by atoms with van der Waals surface area (Å²) in [5.41, 5.74) is 1.13. The molecule has 18 heavy (non-hydrogen) atoms. The average Bonchev–Trinajstić information content (AvgIpc) is 2.37. The molecule has 0 saturated carbocycles. The third-order valence-corrected chi connectivity index (χ3v) is 2.62. The van der Waals surface area contributed by atoms with Crippen LogP contribution >= 0.6 is 0 Å². The Kier molecular flexibility index (Phi) is 4.63. The number of aliphatic hydroxyl groups excluding tert-OH is 1. The van der Waals surface area contributed by atoms with E-state index in [-0.39, 0.29) is 18.2 Å². The van der Waals surface area contributed by atoms with Crippen LogP contribution in [0.2, 0.25) is 0 Å². The molecular formula is C12H15N3O3. The van der Waals surface area contributed by atoms with E-state index in [1.54, 1.807) is 20.0 Å². The SMILES string of the molecule is CC(C#N)CN(C)c1ccc([N+](=O)[O-])cc1CO. The molecule has 1 aromatic rings. The zero-order valence-corrected chi connectivity index (χ0v) is 10.3. The summed E-state index contributed by atoms with van der Waals surface area (Å²) >= 11 is 0. The minimum atomic E-state index is -0.499. The van der Waals surface area contributed by atoms with Crippen molar-refractivity contribution in [1.82, 2.24) is 0 Å². The van der Waals surface area contributed by atoms with E-state index < -0.39 is 4.92 Å². The molecule has 1 N–H and O–H groups in total. The smallest absolute Gasteiger partial charge is 0.269 e. The van der Waals surface area contributed by atoms with Gasteiger partial charge in [0, 0.05) is 37.0 Å². The molecule has 0 aromatic heterocycles. The minimum absolute atomic E-state index is 0.0514. The number of aliphatic hydroxyl groups is 1. The van der Waals surface area contributed by atoms with Gasteiger partial charge in [-0.3, -0.25) is 10.1 Å². The van der Waals surface area contributed by atoms with E-state index in [0.29, 0.717) is 17.8 Å². The van der Waals surface area contributed by atoms with E-state index in [0.717, 1.165) is 0 Å². The van der Waals surface area contributed by atoms with E-state index in [1.165, 1.54) is 12.1 Å². The topological polar surface area (TPSA) is 90.4 Å². The molecule has 0 amide bonds. The molecule has 1 rings (SSSR count). The lowest BCUT2D eigenvalue weighted by molar-refractivity contribution is -0.384. The lowest BCUT2D eigenvalue weighted by Crippen LogP contribution is -2.24. The lowest BCUT2D eigenvalue weighted by Gasteiger charge is -2.22. The van der Waals surface area contributed by atoms with Crippen LogP contribution < -0.4 is 4.90 Å². The van der Waals surface area contributed by atoms with Gasteiger partial charge in [0.2, 0.25) is 0 Å². The van der Waals surface area contributed by atoms with Crippen molar-refractivity contribution in [2.45, 2.75) is 13.5 Å². The van der Waals surface area contributed by atoms with Gasteiger partial charge in [0.05, 0.1) is 23.5 Å². The molecule has 6 heteroatoms. The number of hydrogen-bond donors (Lipinski definition) is 1. The summed E-state index contributed by atoms with van der Waals surface area (Å²) in [5.74, 6) is -0.156. The summed E-state index contributed by atoms with van der Waals surface area (Å²) in [7, 11) is 1.79. The number of nitro benzene ring substituents is 1. The number of non-ortho nitro benzene ring substituents is 1. The van der Waals surface area contributed by atoms with E-state index >= 15 is 0 Å². The van der Waals surface area contributed by atoms with Gasteiger partial charge in [-0.2, -0.15) is 5.26 Å². The normalized spacial score (nSPS) is 11.7. The quantitative estimate of drug-likeness (QED) is 0.633. The predicted octanol–water partition coefficient (Wildman–Crippen LogP) is 1.68. The van der Waals surface area contributed by atoms with Gasteiger partial charge in [-0.1, -0.05) is 0 Å². The van der Waals surface area contributed by atoms with Crippen molar-refractivity contribution >= 4 is 11.4 Å². The molecule has 0 heterocycles. The van der Waals surface area contributed by atoms with E-state index in [1.807, 2.05) is 4.90 Å². The van der Waals surface area contributed by atoms with Crippen molar-refractivity contribution in [3.63, 3.8) is 0 Å². The van der Waals surface area contributed by atoms with Gasteiger partial charge in [-0.25, -0.2) is 0 Å². The molecule has 0 bridgehead atoms. The third-order valence-electron chi connectivity index (χ3n) is 2.62. The number of nitro groups is 1. The zero-order chi connectivity index (χ0) is 13.7. The van der Waals surface area contributed by atoms with Gasteiger partial charge >= 0.3 is 0 Å². The highest BCUT2D eigenvalue weighted by Crippen LogP contribution is 2.25. The highest BCUT2D eigenvalue weighted by molar-refractivity contribution is 5.57. The Labute approximate surface area is 105 Å². The van der Waals surface area contributed by atoms with E-state index in [4.69, 9.17) is 5.26 Å².